The van der Waals surface area contributed by atoms with Crippen molar-refractivity contribution in [2.24, 2.45) is 5.92 Å². The number of likely N-dealkylation sites (tertiary alicyclic amines) is 2. The summed E-state index contributed by atoms with van der Waals surface area (Å²) in [6, 6.07) is 15.3. The predicted molar refractivity (Wildman–Crippen MR) is 121 cm³/mol. The van der Waals surface area contributed by atoms with Crippen molar-refractivity contribution in [2.45, 2.75) is 39.0 Å². The Bertz CT molecular complexity index is 903. The highest BCUT2D eigenvalue weighted by Gasteiger charge is 2.25. The van der Waals surface area contributed by atoms with Crippen molar-refractivity contribution in [3.63, 3.8) is 0 Å². The molecule has 2 saturated heterocycles. The van der Waals surface area contributed by atoms with Crippen LogP contribution in [0.1, 0.15) is 58.4 Å². The zero-order chi connectivity index (χ0) is 21.6. The Labute approximate surface area is 185 Å². The minimum atomic E-state index is 0.106. The zero-order valence-corrected chi connectivity index (χ0v) is 18.4. The van der Waals surface area contributed by atoms with Crippen LogP contribution >= 0.6 is 0 Å². The van der Waals surface area contributed by atoms with E-state index in [1.165, 1.54) is 6.42 Å². The van der Waals surface area contributed by atoms with Gasteiger partial charge in [-0.15, -0.1) is 0 Å². The first kappa shape index (κ1) is 21.4. The van der Waals surface area contributed by atoms with Gasteiger partial charge in [0.2, 0.25) is 0 Å². The number of aryl methyl sites for hydroxylation is 1. The normalized spacial score (nSPS) is 19.2. The largest absolute Gasteiger partial charge is 0.493 e. The molecule has 31 heavy (non-hydrogen) atoms. The summed E-state index contributed by atoms with van der Waals surface area (Å²) in [5.41, 5.74) is 2.59. The van der Waals surface area contributed by atoms with Gasteiger partial charge in [-0.25, -0.2) is 0 Å². The highest BCUT2D eigenvalue weighted by molar-refractivity contribution is 5.95. The molecule has 2 fully saturated rings. The quantitative estimate of drug-likeness (QED) is 0.713. The first-order chi connectivity index (χ1) is 15.1. The molecule has 2 aliphatic heterocycles. The first-order valence-corrected chi connectivity index (χ1v) is 11.5. The van der Waals surface area contributed by atoms with Crippen molar-refractivity contribution in [1.82, 2.24) is 9.80 Å². The fourth-order valence-electron chi connectivity index (χ4n) is 4.53. The zero-order valence-electron chi connectivity index (χ0n) is 18.4. The molecule has 5 nitrogen and oxygen atoms in total. The topological polar surface area (TPSA) is 49.9 Å². The number of carbonyl (C=O) groups excluding carboxylic acids is 2. The molecular formula is C26H32N2O3. The third-order valence-corrected chi connectivity index (χ3v) is 6.30. The fourth-order valence-corrected chi connectivity index (χ4v) is 4.53. The summed E-state index contributed by atoms with van der Waals surface area (Å²) >= 11 is 0. The monoisotopic (exact) mass is 420 g/mol. The van der Waals surface area contributed by atoms with Crippen LogP contribution in [0.5, 0.6) is 5.75 Å². The van der Waals surface area contributed by atoms with Crippen molar-refractivity contribution in [1.29, 1.82) is 0 Å². The van der Waals surface area contributed by atoms with Crippen molar-refractivity contribution >= 4 is 11.8 Å². The maximum Gasteiger partial charge on any atom is 0.253 e. The molecule has 0 saturated carbocycles. The summed E-state index contributed by atoms with van der Waals surface area (Å²) in [7, 11) is 0. The summed E-state index contributed by atoms with van der Waals surface area (Å²) < 4.78 is 6.02. The lowest BCUT2D eigenvalue weighted by molar-refractivity contribution is 0.0633. The number of carbonyl (C=O) groups is 2. The van der Waals surface area contributed by atoms with Crippen molar-refractivity contribution in [3.05, 3.63) is 65.2 Å². The number of hydrogen-bond acceptors (Lipinski definition) is 3. The van der Waals surface area contributed by atoms with E-state index in [1.54, 1.807) is 0 Å². The third kappa shape index (κ3) is 5.46. The van der Waals surface area contributed by atoms with E-state index in [9.17, 15) is 9.59 Å². The second-order valence-corrected chi connectivity index (χ2v) is 8.82. The van der Waals surface area contributed by atoms with Gasteiger partial charge in [0.25, 0.3) is 11.8 Å². The van der Waals surface area contributed by atoms with Gasteiger partial charge in [0, 0.05) is 43.2 Å². The molecule has 2 aromatic carbocycles. The fraction of sp³-hybridized carbons (Fsp3) is 0.462. The highest BCUT2D eigenvalue weighted by Crippen LogP contribution is 2.22. The van der Waals surface area contributed by atoms with Gasteiger partial charge in [-0.05, 0) is 75.4 Å². The second-order valence-electron chi connectivity index (χ2n) is 8.82. The van der Waals surface area contributed by atoms with Crippen molar-refractivity contribution in [2.75, 3.05) is 32.8 Å². The summed E-state index contributed by atoms with van der Waals surface area (Å²) in [6.45, 7) is 5.83. The molecule has 5 heteroatoms. The van der Waals surface area contributed by atoms with Crippen LogP contribution in [0.2, 0.25) is 0 Å². The van der Waals surface area contributed by atoms with Gasteiger partial charge in [0.05, 0.1) is 6.61 Å². The molecule has 2 heterocycles. The lowest BCUT2D eigenvalue weighted by Crippen LogP contribution is -2.41. The Morgan fingerprint density at radius 2 is 1.58 bits per heavy atom. The Morgan fingerprint density at radius 3 is 2.32 bits per heavy atom. The number of benzene rings is 2. The molecular weight excluding hydrogens is 388 g/mol. The van der Waals surface area contributed by atoms with Crippen molar-refractivity contribution in [3.8, 4) is 5.75 Å². The number of rotatable bonds is 5. The summed E-state index contributed by atoms with van der Waals surface area (Å²) in [5.74, 6) is 1.31. The van der Waals surface area contributed by atoms with Crippen LogP contribution < -0.4 is 4.74 Å². The first-order valence-electron chi connectivity index (χ1n) is 11.5. The van der Waals surface area contributed by atoms with Crippen LogP contribution in [0.3, 0.4) is 0 Å². The molecule has 0 N–H and O–H groups in total. The van der Waals surface area contributed by atoms with Crippen LogP contribution in [-0.4, -0.2) is 54.4 Å². The van der Waals surface area contributed by atoms with Gasteiger partial charge in [0.1, 0.15) is 5.75 Å². The van der Waals surface area contributed by atoms with E-state index < -0.39 is 0 Å². The van der Waals surface area contributed by atoms with Crippen LogP contribution in [-0.2, 0) is 0 Å². The van der Waals surface area contributed by atoms with E-state index in [0.29, 0.717) is 12.5 Å². The number of piperidine rings is 2. The molecule has 4 rings (SSSR count). The minimum Gasteiger partial charge on any atom is -0.493 e. The van der Waals surface area contributed by atoms with E-state index in [2.05, 4.69) is 0 Å². The van der Waals surface area contributed by atoms with Crippen LogP contribution in [0.25, 0.3) is 0 Å². The third-order valence-electron chi connectivity index (χ3n) is 6.30. The Balaban J connectivity index is 1.29. The Hall–Kier alpha value is -2.82. The lowest BCUT2D eigenvalue weighted by Gasteiger charge is -2.32. The number of nitrogens with zero attached hydrogens (tertiary/aromatic N) is 2. The van der Waals surface area contributed by atoms with Crippen LogP contribution in [0.15, 0.2) is 48.5 Å². The standard InChI is InChI=1S/C26H32N2O3/c1-20-7-5-9-23(17-20)26(30)28-16-6-8-21(18-28)19-31-24-12-10-22(11-13-24)25(29)27-14-3-2-4-15-27/h5,7,9-13,17,21H,2-4,6,8,14-16,18-19H2,1H3/t21-/m1/s1. The van der Waals surface area contributed by atoms with E-state index in [1.807, 2.05) is 65.3 Å². The molecule has 0 radical (unpaired) electrons. The molecule has 164 valence electrons. The molecule has 0 bridgehead atoms. The van der Waals surface area contributed by atoms with Crippen LogP contribution in [0, 0.1) is 12.8 Å². The molecule has 2 aliphatic rings. The van der Waals surface area contributed by atoms with E-state index in [0.717, 1.165) is 74.3 Å². The van der Waals surface area contributed by atoms with E-state index >= 15 is 0 Å². The Morgan fingerprint density at radius 1 is 0.871 bits per heavy atom. The minimum absolute atomic E-state index is 0.106. The Kier molecular flexibility index (Phi) is 6.90. The van der Waals surface area contributed by atoms with Gasteiger partial charge in [-0.2, -0.15) is 0 Å². The molecule has 2 aromatic rings. The molecule has 1 atom stereocenters. The average molecular weight is 421 g/mol. The van der Waals surface area contributed by atoms with Gasteiger partial charge >= 0.3 is 0 Å². The van der Waals surface area contributed by atoms with Gasteiger partial charge in [0.15, 0.2) is 0 Å². The molecule has 0 unspecified atom stereocenters. The molecule has 2 amide bonds. The average Bonchev–Trinajstić information content (AvgIpc) is 2.83. The number of hydrogen-bond donors (Lipinski definition) is 0. The second kappa shape index (κ2) is 9.99. The molecule has 0 aliphatic carbocycles. The predicted octanol–water partition coefficient (Wildman–Crippen LogP) is 4.55. The maximum atomic E-state index is 12.9. The maximum absolute atomic E-state index is 12.9. The molecule has 0 aromatic heterocycles. The summed E-state index contributed by atoms with van der Waals surface area (Å²) in [5, 5.41) is 0. The van der Waals surface area contributed by atoms with E-state index in [4.69, 9.17) is 4.74 Å². The smallest absolute Gasteiger partial charge is 0.253 e. The van der Waals surface area contributed by atoms with Crippen LogP contribution in [0.4, 0.5) is 0 Å². The van der Waals surface area contributed by atoms with Gasteiger partial charge < -0.3 is 14.5 Å². The number of amides is 2. The highest BCUT2D eigenvalue weighted by atomic mass is 16.5. The number of ether oxygens (including phenoxy) is 1. The van der Waals surface area contributed by atoms with Gasteiger partial charge in [-0.1, -0.05) is 17.7 Å². The molecule has 0 spiro atoms. The SMILES string of the molecule is Cc1cccc(C(=O)N2CCC[C@@H](COc3ccc(C(=O)N4CCCCC4)cc3)C2)c1. The van der Waals surface area contributed by atoms with Gasteiger partial charge in [-0.3, -0.25) is 9.59 Å². The lowest BCUT2D eigenvalue weighted by atomic mass is 9.98. The van der Waals surface area contributed by atoms with E-state index in [-0.39, 0.29) is 11.8 Å². The summed E-state index contributed by atoms with van der Waals surface area (Å²) in [6.07, 6.45) is 5.46. The van der Waals surface area contributed by atoms with Crippen molar-refractivity contribution < 1.29 is 14.3 Å². The summed E-state index contributed by atoms with van der Waals surface area (Å²) in [4.78, 5) is 29.4.